The van der Waals surface area contributed by atoms with Gasteiger partial charge < -0.3 is 21.3 Å². The van der Waals surface area contributed by atoms with E-state index in [4.69, 9.17) is 0 Å². The number of para-hydroxylation sites is 1. The molecule has 0 aliphatic rings. The molecular weight excluding hydrogens is 328 g/mol. The molecule has 0 fully saturated rings. The quantitative estimate of drug-likeness (QED) is 0.615. The lowest BCUT2D eigenvalue weighted by Gasteiger charge is -2.18. The summed E-state index contributed by atoms with van der Waals surface area (Å²) in [7, 11) is 1.83. The number of benzene rings is 2. The number of hydrogen-bond acceptors (Lipinski definition) is 3. The minimum Gasteiger partial charge on any atom is -0.349 e. The van der Waals surface area contributed by atoms with Crippen LogP contribution in [0, 0.1) is 5.92 Å². The van der Waals surface area contributed by atoms with Crippen molar-refractivity contribution in [3.63, 3.8) is 0 Å². The highest BCUT2D eigenvalue weighted by atomic mass is 16.2. The van der Waals surface area contributed by atoms with Crippen molar-refractivity contribution in [2.45, 2.75) is 19.9 Å². The van der Waals surface area contributed by atoms with Crippen LogP contribution in [-0.2, 0) is 4.79 Å². The highest BCUT2D eigenvalue weighted by molar-refractivity contribution is 5.99. The van der Waals surface area contributed by atoms with Crippen molar-refractivity contribution in [1.82, 2.24) is 10.6 Å². The van der Waals surface area contributed by atoms with E-state index in [0.29, 0.717) is 12.2 Å². The molecule has 0 aliphatic heterocycles. The molecule has 0 saturated heterocycles. The summed E-state index contributed by atoms with van der Waals surface area (Å²) in [5, 5.41) is 11.5. The Balaban J connectivity index is 1.89. The Morgan fingerprint density at radius 1 is 0.885 bits per heavy atom. The molecule has 0 saturated carbocycles. The molecule has 3 amide bonds. The summed E-state index contributed by atoms with van der Waals surface area (Å²) in [6.45, 7) is 4.46. The first-order chi connectivity index (χ1) is 12.5. The van der Waals surface area contributed by atoms with Gasteiger partial charge in [0.05, 0.1) is 6.04 Å². The summed E-state index contributed by atoms with van der Waals surface area (Å²) >= 11 is 0. The van der Waals surface area contributed by atoms with E-state index >= 15 is 0 Å². The fraction of sp³-hybridized carbons (Fsp3) is 0.300. The maximum absolute atomic E-state index is 12.1. The van der Waals surface area contributed by atoms with Crippen molar-refractivity contribution < 1.29 is 9.59 Å². The number of hydrogen-bond donors (Lipinski definition) is 4. The van der Waals surface area contributed by atoms with Gasteiger partial charge in [-0.05, 0) is 43.8 Å². The summed E-state index contributed by atoms with van der Waals surface area (Å²) in [5.41, 5.74) is 2.39. The van der Waals surface area contributed by atoms with Gasteiger partial charge in [-0.15, -0.1) is 0 Å². The average Bonchev–Trinajstić information content (AvgIpc) is 2.63. The molecule has 4 N–H and O–H groups in total. The Hall–Kier alpha value is -2.86. The molecule has 2 unspecified atom stereocenters. The normalized spacial score (nSPS) is 12.7. The van der Waals surface area contributed by atoms with Gasteiger partial charge in [-0.2, -0.15) is 0 Å². The van der Waals surface area contributed by atoms with Crippen molar-refractivity contribution >= 4 is 23.3 Å². The summed E-state index contributed by atoms with van der Waals surface area (Å²) in [6.07, 6.45) is 0. The van der Waals surface area contributed by atoms with Crippen LogP contribution in [0.4, 0.5) is 16.2 Å². The minimum absolute atomic E-state index is 0.0105. The van der Waals surface area contributed by atoms with Gasteiger partial charge in [0.15, 0.2) is 0 Å². The number of urea groups is 1. The highest BCUT2D eigenvalue weighted by Crippen LogP contribution is 2.17. The van der Waals surface area contributed by atoms with Gasteiger partial charge in [0.1, 0.15) is 0 Å². The number of rotatable bonds is 7. The predicted molar refractivity (Wildman–Crippen MR) is 105 cm³/mol. The van der Waals surface area contributed by atoms with E-state index in [1.165, 1.54) is 0 Å². The van der Waals surface area contributed by atoms with Gasteiger partial charge in [-0.3, -0.25) is 4.79 Å². The number of carbonyl (C=O) groups excluding carboxylic acids is 2. The minimum atomic E-state index is -0.300. The zero-order valence-corrected chi connectivity index (χ0v) is 15.4. The predicted octanol–water partition coefficient (Wildman–Crippen LogP) is 3.36. The van der Waals surface area contributed by atoms with Crippen molar-refractivity contribution in [1.29, 1.82) is 0 Å². The van der Waals surface area contributed by atoms with E-state index in [0.717, 1.165) is 11.3 Å². The molecule has 0 aromatic heterocycles. The first kappa shape index (κ1) is 19.5. The Kier molecular flexibility index (Phi) is 7.17. The van der Waals surface area contributed by atoms with Crippen LogP contribution in [0.2, 0.25) is 0 Å². The zero-order valence-electron chi connectivity index (χ0n) is 15.4. The Morgan fingerprint density at radius 2 is 1.46 bits per heavy atom. The zero-order chi connectivity index (χ0) is 18.9. The lowest BCUT2D eigenvalue weighted by molar-refractivity contribution is -0.125. The number of anilines is 2. The van der Waals surface area contributed by atoms with E-state index in [1.807, 2.05) is 75.5 Å². The summed E-state index contributed by atoms with van der Waals surface area (Å²) < 4.78 is 0. The van der Waals surface area contributed by atoms with E-state index < -0.39 is 0 Å². The van der Waals surface area contributed by atoms with E-state index in [2.05, 4.69) is 21.3 Å². The molecule has 0 spiro atoms. The van der Waals surface area contributed by atoms with Crippen molar-refractivity contribution in [3.05, 3.63) is 60.2 Å². The molecule has 26 heavy (non-hydrogen) atoms. The van der Waals surface area contributed by atoms with E-state index in [9.17, 15) is 9.59 Å². The molecule has 2 rings (SSSR count). The van der Waals surface area contributed by atoms with Crippen LogP contribution in [0.15, 0.2) is 54.6 Å². The van der Waals surface area contributed by atoms with Gasteiger partial charge >= 0.3 is 6.03 Å². The van der Waals surface area contributed by atoms with Gasteiger partial charge in [-0.1, -0.05) is 37.3 Å². The highest BCUT2D eigenvalue weighted by Gasteiger charge is 2.15. The smallest absolute Gasteiger partial charge is 0.323 e. The third kappa shape index (κ3) is 5.89. The monoisotopic (exact) mass is 354 g/mol. The third-order valence-corrected chi connectivity index (χ3v) is 4.02. The largest absolute Gasteiger partial charge is 0.349 e. The van der Waals surface area contributed by atoms with Crippen LogP contribution in [0.5, 0.6) is 0 Å². The molecular formula is C20H26N4O2. The summed E-state index contributed by atoms with van der Waals surface area (Å²) in [6, 6.07) is 16.3. The third-order valence-electron chi connectivity index (χ3n) is 4.02. The molecule has 0 bridgehead atoms. The first-order valence-corrected chi connectivity index (χ1v) is 8.67. The van der Waals surface area contributed by atoms with Crippen LogP contribution >= 0.6 is 0 Å². The van der Waals surface area contributed by atoms with Gasteiger partial charge in [0.25, 0.3) is 0 Å². The number of nitrogens with one attached hydrogen (secondary N) is 4. The molecule has 2 aromatic rings. The standard InChI is InChI=1S/C20H26N4O2/c1-14(13-21-3)19(25)22-15(2)16-9-11-18(12-10-16)24-20(26)23-17-7-5-4-6-8-17/h4-12,14-15,21H,13H2,1-3H3,(H,22,25)(H2,23,24,26). The summed E-state index contributed by atoms with van der Waals surface area (Å²) in [4.78, 5) is 24.1. The summed E-state index contributed by atoms with van der Waals surface area (Å²) in [5.74, 6) is -0.0821. The molecule has 6 nitrogen and oxygen atoms in total. The molecule has 2 aromatic carbocycles. The van der Waals surface area contributed by atoms with Crippen LogP contribution < -0.4 is 21.3 Å². The van der Waals surface area contributed by atoms with Crippen LogP contribution in [0.3, 0.4) is 0 Å². The van der Waals surface area contributed by atoms with Crippen molar-refractivity contribution in [3.8, 4) is 0 Å². The molecule has 0 radical (unpaired) electrons. The SMILES string of the molecule is CNCC(C)C(=O)NC(C)c1ccc(NC(=O)Nc2ccccc2)cc1. The van der Waals surface area contributed by atoms with E-state index in [1.54, 1.807) is 0 Å². The van der Waals surface area contributed by atoms with Crippen molar-refractivity contribution in [2.24, 2.45) is 5.92 Å². The van der Waals surface area contributed by atoms with E-state index in [-0.39, 0.29) is 23.9 Å². The van der Waals surface area contributed by atoms with Gasteiger partial charge in [0.2, 0.25) is 5.91 Å². The molecule has 0 aliphatic carbocycles. The van der Waals surface area contributed by atoms with Crippen LogP contribution in [0.1, 0.15) is 25.5 Å². The molecule has 0 heterocycles. The second-order valence-electron chi connectivity index (χ2n) is 6.26. The number of carbonyl (C=O) groups is 2. The van der Waals surface area contributed by atoms with Crippen molar-refractivity contribution in [2.75, 3.05) is 24.2 Å². The van der Waals surface area contributed by atoms with Crippen LogP contribution in [-0.4, -0.2) is 25.5 Å². The second kappa shape index (κ2) is 9.58. The van der Waals surface area contributed by atoms with Gasteiger partial charge in [-0.25, -0.2) is 4.79 Å². The first-order valence-electron chi connectivity index (χ1n) is 8.67. The fourth-order valence-electron chi connectivity index (χ4n) is 2.51. The molecule has 6 heteroatoms. The Labute approximate surface area is 154 Å². The maximum Gasteiger partial charge on any atom is 0.323 e. The lowest BCUT2D eigenvalue weighted by atomic mass is 10.1. The van der Waals surface area contributed by atoms with Crippen LogP contribution in [0.25, 0.3) is 0 Å². The van der Waals surface area contributed by atoms with Gasteiger partial charge in [0, 0.05) is 23.8 Å². The number of amides is 3. The Bertz CT molecular complexity index is 716. The lowest BCUT2D eigenvalue weighted by Crippen LogP contribution is -2.35. The molecule has 138 valence electrons. The topological polar surface area (TPSA) is 82.3 Å². The Morgan fingerprint density at radius 3 is 2.04 bits per heavy atom. The second-order valence-corrected chi connectivity index (χ2v) is 6.26. The molecule has 2 atom stereocenters. The average molecular weight is 354 g/mol. The maximum atomic E-state index is 12.1. The fourth-order valence-corrected chi connectivity index (χ4v) is 2.51.